The minimum absolute atomic E-state index is 0.0225. The molecule has 1 rings (SSSR count). The molecule has 1 aliphatic heterocycles. The van der Waals surface area contributed by atoms with E-state index in [0.717, 1.165) is 12.8 Å². The Morgan fingerprint density at radius 2 is 2.20 bits per heavy atom. The van der Waals surface area contributed by atoms with Crippen LogP contribution >= 0.6 is 0 Å². The zero-order valence-corrected chi connectivity index (χ0v) is 10.0. The van der Waals surface area contributed by atoms with Gasteiger partial charge in [-0.05, 0) is 32.2 Å². The number of hydrogen-bond acceptors (Lipinski definition) is 3. The molecule has 0 saturated carbocycles. The number of piperidine rings is 1. The maximum atomic E-state index is 11.9. The molecule has 0 aromatic heterocycles. The monoisotopic (exact) mass is 232 g/mol. The summed E-state index contributed by atoms with van der Waals surface area (Å²) >= 11 is 0. The summed E-state index contributed by atoms with van der Waals surface area (Å²) in [6.45, 7) is 6.55. The highest BCUT2D eigenvalue weighted by molar-refractivity contribution is 7.89. The molecule has 0 bridgehead atoms. The van der Waals surface area contributed by atoms with Crippen LogP contribution in [0.25, 0.3) is 0 Å². The van der Waals surface area contributed by atoms with Crippen molar-refractivity contribution >= 4 is 10.0 Å². The van der Waals surface area contributed by atoms with Gasteiger partial charge in [0.05, 0.1) is 5.75 Å². The van der Waals surface area contributed by atoms with Crippen LogP contribution in [-0.2, 0) is 10.0 Å². The highest BCUT2D eigenvalue weighted by Gasteiger charge is 2.32. The summed E-state index contributed by atoms with van der Waals surface area (Å²) < 4.78 is 25.3. The third-order valence-electron chi connectivity index (χ3n) is 2.94. The highest BCUT2D eigenvalue weighted by Crippen LogP contribution is 2.24. The van der Waals surface area contributed by atoms with Gasteiger partial charge in [0.15, 0.2) is 0 Å². The molecule has 0 amide bonds. The smallest absolute Gasteiger partial charge is 0.217 e. The molecule has 2 N–H and O–H groups in total. The third-order valence-corrected chi connectivity index (χ3v) is 4.82. The standard InChI is InChI=1S/C10H20N2O2S/c1-3-6-15(13,14)12-8-10(7-11)5-4-9(12)2/h3,9-10H,1,4-8,11H2,2H3. The minimum atomic E-state index is -3.17. The molecule has 5 heteroatoms. The fraction of sp³-hybridized carbons (Fsp3) is 0.800. The van der Waals surface area contributed by atoms with Gasteiger partial charge in [-0.15, -0.1) is 6.58 Å². The Bertz CT molecular complexity index is 313. The zero-order valence-electron chi connectivity index (χ0n) is 9.22. The first-order chi connectivity index (χ1) is 7.01. The fourth-order valence-electron chi connectivity index (χ4n) is 1.97. The quantitative estimate of drug-likeness (QED) is 0.720. The van der Waals surface area contributed by atoms with E-state index in [1.807, 2.05) is 6.92 Å². The molecule has 1 saturated heterocycles. The molecule has 88 valence electrons. The molecular weight excluding hydrogens is 212 g/mol. The Kier molecular flexibility index (Phi) is 4.31. The normalized spacial score (nSPS) is 28.9. The van der Waals surface area contributed by atoms with Gasteiger partial charge in [-0.3, -0.25) is 0 Å². The topological polar surface area (TPSA) is 63.4 Å². The minimum Gasteiger partial charge on any atom is -0.330 e. The molecule has 0 aromatic carbocycles. The summed E-state index contributed by atoms with van der Waals surface area (Å²) in [5.41, 5.74) is 5.59. The Morgan fingerprint density at radius 3 is 2.73 bits per heavy atom. The predicted molar refractivity (Wildman–Crippen MR) is 61.9 cm³/mol. The Morgan fingerprint density at radius 1 is 1.53 bits per heavy atom. The van der Waals surface area contributed by atoms with Crippen molar-refractivity contribution in [2.45, 2.75) is 25.8 Å². The van der Waals surface area contributed by atoms with Crippen molar-refractivity contribution in [2.24, 2.45) is 11.7 Å². The third kappa shape index (κ3) is 3.03. The SMILES string of the molecule is C=CCS(=O)(=O)N1CC(CN)CCC1C. The van der Waals surface area contributed by atoms with Gasteiger partial charge < -0.3 is 5.73 Å². The van der Waals surface area contributed by atoms with E-state index in [0.29, 0.717) is 19.0 Å². The summed E-state index contributed by atoms with van der Waals surface area (Å²) in [6, 6.07) is 0.0951. The maximum Gasteiger partial charge on any atom is 0.217 e. The number of nitrogens with zero attached hydrogens (tertiary/aromatic N) is 1. The fourth-order valence-corrected chi connectivity index (χ4v) is 3.55. The van der Waals surface area contributed by atoms with Crippen molar-refractivity contribution < 1.29 is 8.42 Å². The molecule has 2 atom stereocenters. The molecule has 1 fully saturated rings. The van der Waals surface area contributed by atoms with Gasteiger partial charge in [0.1, 0.15) is 0 Å². The predicted octanol–water partition coefficient (Wildman–Crippen LogP) is 0.561. The van der Waals surface area contributed by atoms with Crippen LogP contribution < -0.4 is 5.73 Å². The van der Waals surface area contributed by atoms with E-state index in [9.17, 15) is 8.42 Å². The van der Waals surface area contributed by atoms with Gasteiger partial charge in [-0.25, -0.2) is 8.42 Å². The maximum absolute atomic E-state index is 11.9. The second kappa shape index (κ2) is 5.09. The van der Waals surface area contributed by atoms with Crippen molar-refractivity contribution in [1.29, 1.82) is 0 Å². The summed E-state index contributed by atoms with van der Waals surface area (Å²) in [7, 11) is -3.17. The molecule has 0 radical (unpaired) electrons. The average Bonchev–Trinajstić information content (AvgIpc) is 2.18. The first-order valence-electron chi connectivity index (χ1n) is 5.31. The summed E-state index contributed by atoms with van der Waals surface area (Å²) in [4.78, 5) is 0. The summed E-state index contributed by atoms with van der Waals surface area (Å²) in [5, 5.41) is 0. The van der Waals surface area contributed by atoms with Crippen molar-refractivity contribution in [3.63, 3.8) is 0 Å². The van der Waals surface area contributed by atoms with Crippen LogP contribution in [0.2, 0.25) is 0 Å². The number of sulfonamides is 1. The van der Waals surface area contributed by atoms with Crippen molar-refractivity contribution in [1.82, 2.24) is 4.31 Å². The highest BCUT2D eigenvalue weighted by atomic mass is 32.2. The van der Waals surface area contributed by atoms with E-state index >= 15 is 0 Å². The lowest BCUT2D eigenvalue weighted by molar-refractivity contribution is 0.211. The molecule has 15 heavy (non-hydrogen) atoms. The van der Waals surface area contributed by atoms with Gasteiger partial charge in [0, 0.05) is 12.6 Å². The van der Waals surface area contributed by atoms with Gasteiger partial charge >= 0.3 is 0 Å². The molecule has 2 unspecified atom stereocenters. The second-order valence-corrected chi connectivity index (χ2v) is 6.13. The first-order valence-corrected chi connectivity index (χ1v) is 6.92. The van der Waals surface area contributed by atoms with Gasteiger partial charge in [-0.1, -0.05) is 6.08 Å². The molecule has 4 nitrogen and oxygen atoms in total. The van der Waals surface area contributed by atoms with Crippen LogP contribution in [0.4, 0.5) is 0 Å². The molecule has 0 spiro atoms. The lowest BCUT2D eigenvalue weighted by Crippen LogP contribution is -2.47. The largest absolute Gasteiger partial charge is 0.330 e. The lowest BCUT2D eigenvalue weighted by Gasteiger charge is -2.36. The van der Waals surface area contributed by atoms with Crippen LogP contribution in [0.3, 0.4) is 0 Å². The number of hydrogen-bond donors (Lipinski definition) is 1. The van der Waals surface area contributed by atoms with E-state index in [1.54, 1.807) is 4.31 Å². The number of nitrogens with two attached hydrogens (primary N) is 1. The molecule has 0 aliphatic carbocycles. The number of rotatable bonds is 4. The summed E-state index contributed by atoms with van der Waals surface area (Å²) in [5.74, 6) is 0.329. The Balaban J connectivity index is 2.77. The Hall–Kier alpha value is -0.390. The van der Waals surface area contributed by atoms with Crippen LogP contribution in [-0.4, -0.2) is 37.6 Å². The summed E-state index contributed by atoms with van der Waals surface area (Å²) in [6.07, 6.45) is 3.37. The van der Waals surface area contributed by atoms with E-state index in [-0.39, 0.29) is 11.8 Å². The van der Waals surface area contributed by atoms with Crippen molar-refractivity contribution in [2.75, 3.05) is 18.8 Å². The van der Waals surface area contributed by atoms with E-state index < -0.39 is 10.0 Å². The van der Waals surface area contributed by atoms with Crippen LogP contribution in [0.5, 0.6) is 0 Å². The van der Waals surface area contributed by atoms with Crippen LogP contribution in [0.15, 0.2) is 12.7 Å². The molecule has 1 aliphatic rings. The Labute approximate surface area is 92.2 Å². The van der Waals surface area contributed by atoms with Crippen LogP contribution in [0.1, 0.15) is 19.8 Å². The van der Waals surface area contributed by atoms with E-state index in [4.69, 9.17) is 5.73 Å². The molecular formula is C10H20N2O2S. The average molecular weight is 232 g/mol. The lowest BCUT2D eigenvalue weighted by atomic mass is 9.96. The van der Waals surface area contributed by atoms with E-state index in [2.05, 4.69) is 6.58 Å². The van der Waals surface area contributed by atoms with E-state index in [1.165, 1.54) is 6.08 Å². The van der Waals surface area contributed by atoms with Crippen molar-refractivity contribution in [3.8, 4) is 0 Å². The molecule has 0 aromatic rings. The first kappa shape index (κ1) is 12.7. The zero-order chi connectivity index (χ0) is 11.5. The van der Waals surface area contributed by atoms with Crippen LogP contribution in [0, 0.1) is 5.92 Å². The van der Waals surface area contributed by atoms with Crippen molar-refractivity contribution in [3.05, 3.63) is 12.7 Å². The van der Waals surface area contributed by atoms with Gasteiger partial charge in [-0.2, -0.15) is 4.31 Å². The second-order valence-electron chi connectivity index (χ2n) is 4.17. The van der Waals surface area contributed by atoms with Gasteiger partial charge in [0.2, 0.25) is 10.0 Å². The van der Waals surface area contributed by atoms with Gasteiger partial charge in [0.25, 0.3) is 0 Å². The molecule has 1 heterocycles.